The lowest BCUT2D eigenvalue weighted by molar-refractivity contribution is 0.0363. The van der Waals surface area contributed by atoms with Gasteiger partial charge in [0.1, 0.15) is 23.2 Å². The van der Waals surface area contributed by atoms with Crippen LogP contribution in [0.2, 0.25) is 0 Å². The molecular formula is C31H34FN5O4. The highest BCUT2D eigenvalue weighted by Gasteiger charge is 2.33. The van der Waals surface area contributed by atoms with Crippen molar-refractivity contribution in [2.24, 2.45) is 0 Å². The van der Waals surface area contributed by atoms with E-state index in [4.69, 9.17) is 14.2 Å². The zero-order chi connectivity index (χ0) is 29.2. The van der Waals surface area contributed by atoms with Crippen LogP contribution in [0.3, 0.4) is 0 Å². The van der Waals surface area contributed by atoms with Crippen molar-refractivity contribution >= 4 is 6.09 Å². The molecule has 2 aromatic carbocycles. The molecule has 0 saturated heterocycles. The molecular weight excluding hydrogens is 525 g/mol. The quantitative estimate of drug-likeness (QED) is 0.268. The maximum absolute atomic E-state index is 14.4. The van der Waals surface area contributed by atoms with Crippen molar-refractivity contribution in [3.05, 3.63) is 90.0 Å². The fourth-order valence-corrected chi connectivity index (χ4v) is 4.55. The molecule has 0 spiro atoms. The summed E-state index contributed by atoms with van der Waals surface area (Å²) in [5, 5.41) is 10.9. The van der Waals surface area contributed by atoms with Gasteiger partial charge in [-0.25, -0.2) is 9.18 Å². The summed E-state index contributed by atoms with van der Waals surface area (Å²) in [7, 11) is 0. The number of nitrogens with one attached hydrogen (secondary N) is 1. The monoisotopic (exact) mass is 559 g/mol. The lowest BCUT2D eigenvalue weighted by Gasteiger charge is -2.36. The summed E-state index contributed by atoms with van der Waals surface area (Å²) in [6.07, 6.45) is 4.17. The normalized spacial score (nSPS) is 16.9. The van der Waals surface area contributed by atoms with Gasteiger partial charge in [-0.05, 0) is 68.3 Å². The summed E-state index contributed by atoms with van der Waals surface area (Å²) in [6.45, 7) is 9.81. The van der Waals surface area contributed by atoms with Crippen LogP contribution in [-0.4, -0.2) is 43.8 Å². The topological polar surface area (TPSA) is 100 Å². The van der Waals surface area contributed by atoms with Gasteiger partial charge in [0.2, 0.25) is 0 Å². The second kappa shape index (κ2) is 11.2. The van der Waals surface area contributed by atoms with Crippen LogP contribution in [-0.2, 0) is 10.2 Å². The number of amides is 1. The Kier molecular flexibility index (Phi) is 7.66. The molecule has 5 rings (SSSR count). The number of halogens is 1. The number of pyridine rings is 1. The number of carbonyl (C=O) groups is 1. The van der Waals surface area contributed by atoms with Gasteiger partial charge >= 0.3 is 6.09 Å². The summed E-state index contributed by atoms with van der Waals surface area (Å²) in [4.78, 5) is 17.4. The van der Waals surface area contributed by atoms with Crippen molar-refractivity contribution in [1.82, 2.24) is 25.3 Å². The molecule has 0 atom stereocenters. The Hall–Kier alpha value is -4.47. The zero-order valence-corrected chi connectivity index (χ0v) is 23.8. The summed E-state index contributed by atoms with van der Waals surface area (Å²) >= 11 is 0. The molecule has 0 aliphatic heterocycles. The number of ether oxygens (including phenoxy) is 3. The van der Waals surface area contributed by atoms with Crippen LogP contribution in [0.1, 0.15) is 58.6 Å². The molecule has 1 saturated carbocycles. The molecule has 1 fully saturated rings. The number of rotatable bonds is 8. The highest BCUT2D eigenvalue weighted by atomic mass is 19.1. The number of carbonyl (C=O) groups excluding carboxylic acids is 1. The SMILES string of the molecule is CC(C)(C)OC(=O)N[C@H]1C[C@H](Oc2ccc(C(C)(C)c3ccc(Oc4nc(-n5nccn5)ccc4F)cc3)cc2)C1. The second-order valence-corrected chi connectivity index (χ2v) is 11.6. The Morgan fingerprint density at radius 2 is 1.46 bits per heavy atom. The number of alkyl carbamates (subject to hydrolysis) is 1. The lowest BCUT2D eigenvalue weighted by Crippen LogP contribution is -2.50. The van der Waals surface area contributed by atoms with Crippen molar-refractivity contribution in [2.75, 3.05) is 0 Å². The first kappa shape index (κ1) is 28.1. The minimum Gasteiger partial charge on any atom is -0.490 e. The second-order valence-electron chi connectivity index (χ2n) is 11.6. The Labute approximate surface area is 238 Å². The van der Waals surface area contributed by atoms with Gasteiger partial charge in [-0.3, -0.25) is 0 Å². The molecule has 0 bridgehead atoms. The van der Waals surface area contributed by atoms with Crippen molar-refractivity contribution in [1.29, 1.82) is 0 Å². The standard InChI is InChI=1S/C31H34FN5O4/c1-30(2,3)41-29(38)35-22-18-25(19-22)39-23-10-6-20(7-11-23)31(4,5)21-8-12-24(13-9-21)40-28-26(32)14-15-27(36-28)37-33-16-17-34-37/h6-17,22,25H,18-19H2,1-5H3,(H,35,38)/t22-,25-. The molecule has 1 aliphatic rings. The van der Waals surface area contributed by atoms with E-state index in [1.807, 2.05) is 45.0 Å². The maximum Gasteiger partial charge on any atom is 0.407 e. The minimum absolute atomic E-state index is 0.0529. The van der Waals surface area contributed by atoms with Crippen LogP contribution in [0.25, 0.3) is 5.82 Å². The number of hydrogen-bond donors (Lipinski definition) is 1. The fourth-order valence-electron chi connectivity index (χ4n) is 4.55. The van der Waals surface area contributed by atoms with Gasteiger partial charge in [0.15, 0.2) is 11.6 Å². The van der Waals surface area contributed by atoms with E-state index in [2.05, 4.69) is 46.5 Å². The molecule has 1 aliphatic carbocycles. The van der Waals surface area contributed by atoms with Crippen LogP contribution in [0.5, 0.6) is 17.4 Å². The van der Waals surface area contributed by atoms with Crippen molar-refractivity contribution in [2.45, 2.75) is 70.6 Å². The summed E-state index contributed by atoms with van der Waals surface area (Å²) in [5.41, 5.74) is 1.36. The van der Waals surface area contributed by atoms with E-state index in [-0.39, 0.29) is 23.4 Å². The molecule has 10 heteroatoms. The highest BCUT2D eigenvalue weighted by Crippen LogP contribution is 2.35. The van der Waals surface area contributed by atoms with E-state index < -0.39 is 17.5 Å². The molecule has 214 valence electrons. The number of hydrogen-bond acceptors (Lipinski definition) is 7. The van der Waals surface area contributed by atoms with Crippen LogP contribution < -0.4 is 14.8 Å². The molecule has 41 heavy (non-hydrogen) atoms. The van der Waals surface area contributed by atoms with E-state index in [0.29, 0.717) is 11.6 Å². The average Bonchev–Trinajstić information content (AvgIpc) is 3.43. The first-order valence-corrected chi connectivity index (χ1v) is 13.5. The van der Waals surface area contributed by atoms with Crippen LogP contribution in [0, 0.1) is 5.82 Å². The molecule has 4 aromatic rings. The van der Waals surface area contributed by atoms with Gasteiger partial charge in [-0.2, -0.15) is 15.2 Å². The third-order valence-electron chi connectivity index (χ3n) is 6.91. The van der Waals surface area contributed by atoms with Gasteiger partial charge in [0.25, 0.3) is 5.88 Å². The first-order chi connectivity index (χ1) is 19.5. The molecule has 0 radical (unpaired) electrons. The predicted molar refractivity (Wildman–Crippen MR) is 151 cm³/mol. The Morgan fingerprint density at radius 3 is 2.05 bits per heavy atom. The van der Waals surface area contributed by atoms with Gasteiger partial charge in [0.05, 0.1) is 12.4 Å². The fraction of sp³-hybridized carbons (Fsp3) is 0.355. The van der Waals surface area contributed by atoms with E-state index in [0.717, 1.165) is 29.7 Å². The number of benzene rings is 2. The number of nitrogens with zero attached hydrogens (tertiary/aromatic N) is 4. The molecule has 2 aromatic heterocycles. The molecule has 9 nitrogen and oxygen atoms in total. The Balaban J connectivity index is 1.17. The van der Waals surface area contributed by atoms with E-state index in [1.54, 1.807) is 12.1 Å². The minimum atomic E-state index is -0.579. The third kappa shape index (κ3) is 6.82. The van der Waals surface area contributed by atoms with E-state index >= 15 is 0 Å². The Morgan fingerprint density at radius 1 is 0.878 bits per heavy atom. The Bertz CT molecular complexity index is 1480. The van der Waals surface area contributed by atoms with Gasteiger partial charge in [-0.1, -0.05) is 38.1 Å². The van der Waals surface area contributed by atoms with E-state index in [9.17, 15) is 9.18 Å². The van der Waals surface area contributed by atoms with Crippen LogP contribution in [0.4, 0.5) is 9.18 Å². The average molecular weight is 560 g/mol. The van der Waals surface area contributed by atoms with Crippen LogP contribution in [0.15, 0.2) is 73.1 Å². The summed E-state index contributed by atoms with van der Waals surface area (Å²) in [5.74, 6) is 0.873. The maximum atomic E-state index is 14.4. The lowest BCUT2D eigenvalue weighted by atomic mass is 9.78. The van der Waals surface area contributed by atoms with Crippen molar-refractivity contribution < 1.29 is 23.4 Å². The summed E-state index contributed by atoms with van der Waals surface area (Å²) in [6, 6.07) is 18.4. The molecule has 1 amide bonds. The predicted octanol–water partition coefficient (Wildman–Crippen LogP) is 6.35. The van der Waals surface area contributed by atoms with Gasteiger partial charge < -0.3 is 19.5 Å². The summed E-state index contributed by atoms with van der Waals surface area (Å²) < 4.78 is 31.5. The molecule has 2 heterocycles. The van der Waals surface area contributed by atoms with Gasteiger partial charge in [-0.15, -0.1) is 4.80 Å². The van der Waals surface area contributed by atoms with E-state index in [1.165, 1.54) is 29.3 Å². The van der Waals surface area contributed by atoms with Crippen molar-refractivity contribution in [3.63, 3.8) is 0 Å². The molecule has 0 unspecified atom stereocenters. The molecule has 1 N–H and O–H groups in total. The highest BCUT2D eigenvalue weighted by molar-refractivity contribution is 5.68. The zero-order valence-electron chi connectivity index (χ0n) is 23.8. The number of aromatic nitrogens is 4. The largest absolute Gasteiger partial charge is 0.490 e. The third-order valence-corrected chi connectivity index (χ3v) is 6.91. The smallest absolute Gasteiger partial charge is 0.407 e. The van der Waals surface area contributed by atoms with Gasteiger partial charge in [0, 0.05) is 24.3 Å². The first-order valence-electron chi connectivity index (χ1n) is 13.5. The van der Waals surface area contributed by atoms with Crippen molar-refractivity contribution in [3.8, 4) is 23.2 Å². The van der Waals surface area contributed by atoms with Crippen LogP contribution >= 0.6 is 0 Å².